The molecule has 2 aliphatic carbocycles. The van der Waals surface area contributed by atoms with Gasteiger partial charge in [0.15, 0.2) is 0 Å². The van der Waals surface area contributed by atoms with Crippen molar-refractivity contribution < 1.29 is 22.7 Å². The van der Waals surface area contributed by atoms with Gasteiger partial charge < -0.3 is 9.47 Å². The largest absolute Gasteiger partial charge is 0.469 e. The molecule has 0 aromatic rings. The van der Waals surface area contributed by atoms with E-state index in [0.29, 0.717) is 19.5 Å². The van der Waals surface area contributed by atoms with E-state index in [1.807, 2.05) is 0 Å². The van der Waals surface area contributed by atoms with Crippen molar-refractivity contribution in [3.8, 4) is 0 Å². The van der Waals surface area contributed by atoms with E-state index in [1.54, 1.807) is 11.4 Å². The van der Waals surface area contributed by atoms with Crippen LogP contribution in [0, 0.1) is 11.3 Å². The topological polar surface area (TPSA) is 72.9 Å². The van der Waals surface area contributed by atoms with Crippen molar-refractivity contribution in [1.82, 2.24) is 4.31 Å². The number of ether oxygens (including phenoxy) is 2. The molecule has 0 amide bonds. The standard InChI is InChI=1S/C16H27NO5S/c1-21-13-5-3-4-6-14(13)23(19,20)17-9-7-16(8-10-17)11-12(16)15(18)22-2/h12-14H,3-11H2,1-2H3/t12-,13+,14-/m1/s1. The zero-order valence-electron chi connectivity index (χ0n) is 14.0. The number of hydrogen-bond donors (Lipinski definition) is 0. The van der Waals surface area contributed by atoms with Crippen LogP contribution in [0.2, 0.25) is 0 Å². The first kappa shape index (κ1) is 17.2. The lowest BCUT2D eigenvalue weighted by Gasteiger charge is -2.37. The lowest BCUT2D eigenvalue weighted by Crippen LogP contribution is -2.49. The highest BCUT2D eigenvalue weighted by Crippen LogP contribution is 2.60. The fourth-order valence-corrected chi connectivity index (χ4v) is 6.60. The molecule has 0 aromatic heterocycles. The second kappa shape index (κ2) is 6.33. The van der Waals surface area contributed by atoms with Crippen LogP contribution in [0.5, 0.6) is 0 Å². The van der Waals surface area contributed by atoms with E-state index < -0.39 is 15.3 Å². The smallest absolute Gasteiger partial charge is 0.309 e. The minimum atomic E-state index is -3.32. The van der Waals surface area contributed by atoms with Gasteiger partial charge in [0.05, 0.1) is 19.1 Å². The summed E-state index contributed by atoms with van der Waals surface area (Å²) in [6.07, 6.45) is 5.68. The highest BCUT2D eigenvalue weighted by molar-refractivity contribution is 7.89. The Morgan fingerprint density at radius 3 is 2.39 bits per heavy atom. The van der Waals surface area contributed by atoms with Gasteiger partial charge in [0.25, 0.3) is 0 Å². The number of piperidine rings is 1. The average Bonchev–Trinajstić information content (AvgIpc) is 3.27. The van der Waals surface area contributed by atoms with Gasteiger partial charge >= 0.3 is 5.97 Å². The Balaban J connectivity index is 1.64. The Kier molecular flexibility index (Phi) is 4.73. The maximum absolute atomic E-state index is 13.0. The van der Waals surface area contributed by atoms with Crippen molar-refractivity contribution >= 4 is 16.0 Å². The Labute approximate surface area is 138 Å². The SMILES string of the molecule is COC(=O)[C@H]1CC12CCN(S(=O)(=O)[C@@H]1CCCC[C@@H]1OC)CC2. The van der Waals surface area contributed by atoms with Gasteiger partial charge in [0, 0.05) is 20.2 Å². The van der Waals surface area contributed by atoms with Crippen LogP contribution in [0.1, 0.15) is 44.9 Å². The fraction of sp³-hybridized carbons (Fsp3) is 0.938. The molecule has 0 radical (unpaired) electrons. The number of carbonyl (C=O) groups excluding carboxylic acids is 1. The molecular weight excluding hydrogens is 318 g/mol. The molecule has 0 unspecified atom stereocenters. The molecule has 1 aliphatic heterocycles. The molecule has 2 saturated carbocycles. The van der Waals surface area contributed by atoms with Gasteiger partial charge in [-0.2, -0.15) is 0 Å². The number of sulfonamides is 1. The van der Waals surface area contributed by atoms with Gasteiger partial charge in [-0.25, -0.2) is 12.7 Å². The lowest BCUT2D eigenvalue weighted by molar-refractivity contribution is -0.143. The predicted molar refractivity (Wildman–Crippen MR) is 85.3 cm³/mol. The van der Waals surface area contributed by atoms with Crippen molar-refractivity contribution in [3.05, 3.63) is 0 Å². The van der Waals surface area contributed by atoms with Crippen molar-refractivity contribution in [3.63, 3.8) is 0 Å². The predicted octanol–water partition coefficient (Wildman–Crippen LogP) is 1.55. The normalized spacial score (nSPS) is 34.3. The fourth-order valence-electron chi connectivity index (χ4n) is 4.43. The van der Waals surface area contributed by atoms with E-state index in [1.165, 1.54) is 7.11 Å². The van der Waals surface area contributed by atoms with Crippen LogP contribution in [0.3, 0.4) is 0 Å². The molecule has 3 aliphatic rings. The molecule has 3 fully saturated rings. The third-order valence-electron chi connectivity index (χ3n) is 6.08. The molecule has 132 valence electrons. The summed E-state index contributed by atoms with van der Waals surface area (Å²) in [5, 5.41) is -0.411. The molecular formula is C16H27NO5S. The first-order valence-electron chi connectivity index (χ1n) is 8.54. The first-order chi connectivity index (χ1) is 10.9. The summed E-state index contributed by atoms with van der Waals surface area (Å²) in [7, 11) is -0.295. The second-order valence-corrected chi connectivity index (χ2v) is 9.34. The average molecular weight is 345 g/mol. The van der Waals surface area contributed by atoms with Gasteiger partial charge in [-0.15, -0.1) is 0 Å². The number of carbonyl (C=O) groups is 1. The quantitative estimate of drug-likeness (QED) is 0.723. The Morgan fingerprint density at radius 2 is 1.78 bits per heavy atom. The van der Waals surface area contributed by atoms with E-state index >= 15 is 0 Å². The summed E-state index contributed by atoms with van der Waals surface area (Å²) in [4.78, 5) is 11.7. The van der Waals surface area contributed by atoms with E-state index in [0.717, 1.165) is 38.5 Å². The summed E-state index contributed by atoms with van der Waals surface area (Å²) < 4.78 is 37.8. The molecule has 1 saturated heterocycles. The van der Waals surface area contributed by atoms with Gasteiger partial charge in [0.2, 0.25) is 10.0 Å². The van der Waals surface area contributed by atoms with Crippen molar-refractivity contribution in [2.75, 3.05) is 27.3 Å². The summed E-state index contributed by atoms with van der Waals surface area (Å²) in [5.41, 5.74) is -0.00760. The maximum Gasteiger partial charge on any atom is 0.309 e. The molecule has 23 heavy (non-hydrogen) atoms. The third kappa shape index (κ3) is 3.03. The first-order valence-corrected chi connectivity index (χ1v) is 10.0. The van der Waals surface area contributed by atoms with Crippen molar-refractivity contribution in [2.24, 2.45) is 11.3 Å². The molecule has 7 heteroatoms. The zero-order valence-corrected chi connectivity index (χ0v) is 14.8. The zero-order chi connectivity index (χ0) is 16.7. The van der Waals surface area contributed by atoms with Crippen LogP contribution >= 0.6 is 0 Å². The minimum Gasteiger partial charge on any atom is -0.469 e. The molecule has 0 bridgehead atoms. The van der Waals surface area contributed by atoms with E-state index in [4.69, 9.17) is 9.47 Å². The van der Waals surface area contributed by atoms with E-state index in [9.17, 15) is 13.2 Å². The Morgan fingerprint density at radius 1 is 1.13 bits per heavy atom. The van der Waals surface area contributed by atoms with Gasteiger partial charge in [0.1, 0.15) is 5.25 Å². The summed E-state index contributed by atoms with van der Waals surface area (Å²) in [6.45, 7) is 1.03. The van der Waals surface area contributed by atoms with Crippen LogP contribution in [0.15, 0.2) is 0 Å². The van der Waals surface area contributed by atoms with Crippen LogP contribution < -0.4 is 0 Å². The van der Waals surface area contributed by atoms with E-state index in [-0.39, 0.29) is 23.4 Å². The van der Waals surface area contributed by atoms with Crippen LogP contribution in [-0.4, -0.2) is 57.4 Å². The maximum atomic E-state index is 13.0. The lowest BCUT2D eigenvalue weighted by atomic mass is 9.92. The minimum absolute atomic E-state index is 0.00760. The number of hydrogen-bond acceptors (Lipinski definition) is 5. The van der Waals surface area contributed by atoms with Crippen LogP contribution in [0.4, 0.5) is 0 Å². The number of esters is 1. The molecule has 0 aromatic carbocycles. The number of nitrogens with zero attached hydrogens (tertiary/aromatic N) is 1. The molecule has 0 N–H and O–H groups in total. The summed E-state index contributed by atoms with van der Waals surface area (Å²) in [5.74, 6) is -0.174. The molecule has 3 rings (SSSR count). The van der Waals surface area contributed by atoms with Gasteiger partial charge in [-0.05, 0) is 37.5 Å². The number of methoxy groups -OCH3 is 2. The van der Waals surface area contributed by atoms with Crippen molar-refractivity contribution in [1.29, 1.82) is 0 Å². The highest BCUT2D eigenvalue weighted by Gasteiger charge is 2.60. The van der Waals surface area contributed by atoms with E-state index in [2.05, 4.69) is 0 Å². The summed E-state index contributed by atoms with van der Waals surface area (Å²) in [6, 6.07) is 0. The Hall–Kier alpha value is -0.660. The molecule has 1 heterocycles. The number of rotatable bonds is 4. The van der Waals surface area contributed by atoms with Crippen LogP contribution in [-0.2, 0) is 24.3 Å². The summed E-state index contributed by atoms with van der Waals surface area (Å²) >= 11 is 0. The second-order valence-electron chi connectivity index (χ2n) is 7.18. The van der Waals surface area contributed by atoms with Crippen molar-refractivity contribution in [2.45, 2.75) is 56.3 Å². The highest BCUT2D eigenvalue weighted by atomic mass is 32.2. The molecule has 3 atom stereocenters. The molecule has 6 nitrogen and oxygen atoms in total. The third-order valence-corrected chi connectivity index (χ3v) is 8.47. The van der Waals surface area contributed by atoms with Gasteiger partial charge in [-0.3, -0.25) is 4.79 Å². The van der Waals surface area contributed by atoms with Gasteiger partial charge in [-0.1, -0.05) is 12.8 Å². The monoisotopic (exact) mass is 345 g/mol. The molecule has 1 spiro atoms. The Bertz CT molecular complexity index is 553. The van der Waals surface area contributed by atoms with Crippen LogP contribution in [0.25, 0.3) is 0 Å².